The van der Waals surface area contributed by atoms with Gasteiger partial charge in [-0.05, 0) is 37.7 Å². The number of rotatable bonds is 4. The van der Waals surface area contributed by atoms with Gasteiger partial charge in [0.05, 0.1) is 5.56 Å². The zero-order valence-corrected chi connectivity index (χ0v) is 15.4. The number of aliphatic carboxylic acids is 1. The van der Waals surface area contributed by atoms with Crippen molar-refractivity contribution in [3.05, 3.63) is 41.5 Å². The summed E-state index contributed by atoms with van der Waals surface area (Å²) in [5.74, 6) is -2.70. The van der Waals surface area contributed by atoms with Gasteiger partial charge in [0.25, 0.3) is 11.8 Å². The standard InChI is InChI=1S/C16H17N3O2.C3H4O3/c1-18(2)6-7-19-15(20)12-5-3-4-10-8-11(17)9-13(14(10)12)16(19)21;1-2(4)3(5)6/h3-5,8-9H,6-7,17H2,1-2H3;1H3,(H,5,6). The Hall–Kier alpha value is -3.26. The molecule has 0 fully saturated rings. The SMILES string of the molecule is CC(=O)C(=O)O.CN(C)CCN1C(=O)c2cccc3cc(N)cc(c23)C1=O. The zero-order valence-electron chi connectivity index (χ0n) is 15.4. The molecule has 0 unspecified atom stereocenters. The summed E-state index contributed by atoms with van der Waals surface area (Å²) < 4.78 is 0. The van der Waals surface area contributed by atoms with Crippen molar-refractivity contribution in [1.29, 1.82) is 0 Å². The first-order valence-corrected chi connectivity index (χ1v) is 8.20. The third-order valence-electron chi connectivity index (χ3n) is 4.02. The molecule has 0 aliphatic carbocycles. The molecule has 0 bridgehead atoms. The number of anilines is 1. The molecule has 0 atom stereocenters. The van der Waals surface area contributed by atoms with Crippen LogP contribution in [0.25, 0.3) is 10.8 Å². The second-order valence-corrected chi connectivity index (χ2v) is 6.40. The molecule has 1 heterocycles. The number of likely N-dealkylation sites (N-methyl/N-ethyl adjacent to an activating group) is 1. The van der Waals surface area contributed by atoms with Crippen molar-refractivity contribution in [3.63, 3.8) is 0 Å². The van der Waals surface area contributed by atoms with Crippen LogP contribution in [0.5, 0.6) is 0 Å². The smallest absolute Gasteiger partial charge is 0.371 e. The quantitative estimate of drug-likeness (QED) is 0.471. The molecule has 2 amide bonds. The first-order chi connectivity index (χ1) is 12.6. The molecule has 8 nitrogen and oxygen atoms in total. The molecule has 0 spiro atoms. The van der Waals surface area contributed by atoms with E-state index < -0.39 is 11.8 Å². The van der Waals surface area contributed by atoms with Crippen LogP contribution in [0.3, 0.4) is 0 Å². The van der Waals surface area contributed by atoms with Crippen LogP contribution in [0.1, 0.15) is 27.6 Å². The van der Waals surface area contributed by atoms with Gasteiger partial charge in [-0.2, -0.15) is 0 Å². The van der Waals surface area contributed by atoms with Gasteiger partial charge in [-0.25, -0.2) is 4.79 Å². The van der Waals surface area contributed by atoms with E-state index in [9.17, 15) is 19.2 Å². The molecule has 1 aliphatic rings. The van der Waals surface area contributed by atoms with E-state index in [1.807, 2.05) is 31.1 Å². The summed E-state index contributed by atoms with van der Waals surface area (Å²) in [6.45, 7) is 2.00. The maximum absolute atomic E-state index is 12.6. The fraction of sp³-hybridized carbons (Fsp3) is 0.263. The number of nitrogens with two attached hydrogens (primary N) is 1. The van der Waals surface area contributed by atoms with Gasteiger partial charge >= 0.3 is 5.97 Å². The minimum atomic E-state index is -1.38. The minimum Gasteiger partial charge on any atom is -0.476 e. The lowest BCUT2D eigenvalue weighted by Crippen LogP contribution is -2.43. The highest BCUT2D eigenvalue weighted by Gasteiger charge is 2.32. The van der Waals surface area contributed by atoms with E-state index >= 15 is 0 Å². The predicted molar refractivity (Wildman–Crippen MR) is 101 cm³/mol. The number of hydrogen-bond acceptors (Lipinski definition) is 6. The number of carboxylic acid groups (broad SMARTS) is 1. The topological polar surface area (TPSA) is 121 Å². The molecule has 3 rings (SSSR count). The van der Waals surface area contributed by atoms with Crippen molar-refractivity contribution in [1.82, 2.24) is 9.80 Å². The largest absolute Gasteiger partial charge is 0.476 e. The fourth-order valence-corrected chi connectivity index (χ4v) is 2.68. The molecular weight excluding hydrogens is 350 g/mol. The van der Waals surface area contributed by atoms with Gasteiger partial charge < -0.3 is 15.7 Å². The molecule has 27 heavy (non-hydrogen) atoms. The number of Topliss-reactive ketones (excluding diaryl/α,β-unsaturated/α-hetero) is 1. The monoisotopic (exact) mass is 371 g/mol. The Morgan fingerprint density at radius 1 is 1.11 bits per heavy atom. The molecular formula is C19H21N3O5. The van der Waals surface area contributed by atoms with Crippen molar-refractivity contribution in [2.45, 2.75) is 6.92 Å². The van der Waals surface area contributed by atoms with E-state index in [1.165, 1.54) is 4.90 Å². The van der Waals surface area contributed by atoms with E-state index in [1.54, 1.807) is 18.2 Å². The number of imide groups is 1. The van der Waals surface area contributed by atoms with Gasteiger partial charge in [-0.3, -0.25) is 19.3 Å². The summed E-state index contributed by atoms with van der Waals surface area (Å²) in [5.41, 5.74) is 7.49. The maximum Gasteiger partial charge on any atom is 0.371 e. The van der Waals surface area contributed by atoms with Crippen LogP contribution in [-0.2, 0) is 9.59 Å². The number of benzene rings is 2. The minimum absolute atomic E-state index is 0.232. The van der Waals surface area contributed by atoms with Crippen LogP contribution in [0.15, 0.2) is 30.3 Å². The van der Waals surface area contributed by atoms with Crippen LogP contribution >= 0.6 is 0 Å². The molecule has 8 heteroatoms. The van der Waals surface area contributed by atoms with Crippen LogP contribution in [0, 0.1) is 0 Å². The van der Waals surface area contributed by atoms with E-state index in [0.29, 0.717) is 35.3 Å². The van der Waals surface area contributed by atoms with Gasteiger partial charge in [0.2, 0.25) is 5.78 Å². The Kier molecular flexibility index (Phi) is 5.91. The van der Waals surface area contributed by atoms with E-state index in [2.05, 4.69) is 0 Å². The highest BCUT2D eigenvalue weighted by atomic mass is 16.4. The molecule has 2 aromatic rings. The molecule has 142 valence electrons. The highest BCUT2D eigenvalue weighted by Crippen LogP contribution is 2.31. The number of carboxylic acids is 1. The maximum atomic E-state index is 12.6. The number of amides is 2. The van der Waals surface area contributed by atoms with Gasteiger partial charge in [0, 0.05) is 36.7 Å². The predicted octanol–water partition coefficient (Wildman–Crippen LogP) is 1.24. The third-order valence-corrected chi connectivity index (χ3v) is 4.02. The second-order valence-electron chi connectivity index (χ2n) is 6.40. The van der Waals surface area contributed by atoms with Crippen LogP contribution < -0.4 is 5.73 Å². The lowest BCUT2D eigenvalue weighted by atomic mass is 9.93. The first-order valence-electron chi connectivity index (χ1n) is 8.20. The first kappa shape index (κ1) is 20.1. The Morgan fingerprint density at radius 2 is 1.70 bits per heavy atom. The summed E-state index contributed by atoms with van der Waals surface area (Å²) in [7, 11) is 3.82. The molecule has 0 saturated heterocycles. The Morgan fingerprint density at radius 3 is 2.26 bits per heavy atom. The van der Waals surface area contributed by atoms with Gasteiger partial charge in [0.1, 0.15) is 0 Å². The number of ketones is 1. The third kappa shape index (κ3) is 4.29. The van der Waals surface area contributed by atoms with Gasteiger partial charge in [0.15, 0.2) is 0 Å². The van der Waals surface area contributed by atoms with Crippen LogP contribution in [0.4, 0.5) is 5.69 Å². The van der Waals surface area contributed by atoms with Crippen molar-refractivity contribution >= 4 is 40.0 Å². The van der Waals surface area contributed by atoms with Gasteiger partial charge in [-0.1, -0.05) is 12.1 Å². The zero-order chi connectivity index (χ0) is 20.3. The van der Waals surface area contributed by atoms with E-state index in [4.69, 9.17) is 10.8 Å². The second kappa shape index (κ2) is 7.96. The normalized spacial score (nSPS) is 12.8. The lowest BCUT2D eigenvalue weighted by molar-refractivity contribution is -0.148. The summed E-state index contributed by atoms with van der Waals surface area (Å²) in [6.07, 6.45) is 0. The molecule has 1 aliphatic heterocycles. The fourth-order valence-electron chi connectivity index (χ4n) is 2.68. The Balaban J connectivity index is 0.000000380. The van der Waals surface area contributed by atoms with Crippen molar-refractivity contribution < 1.29 is 24.3 Å². The van der Waals surface area contributed by atoms with Crippen LogP contribution in [0.2, 0.25) is 0 Å². The summed E-state index contributed by atoms with van der Waals surface area (Å²) in [4.78, 5) is 47.3. The van der Waals surface area contributed by atoms with E-state index in [-0.39, 0.29) is 11.8 Å². The number of hydrogen-bond donors (Lipinski definition) is 2. The number of carbonyl (C=O) groups is 4. The van der Waals surface area contributed by atoms with Crippen molar-refractivity contribution in [2.75, 3.05) is 32.9 Å². The van der Waals surface area contributed by atoms with Crippen molar-refractivity contribution in [2.24, 2.45) is 0 Å². The Labute approximate surface area is 156 Å². The summed E-state index contributed by atoms with van der Waals surface area (Å²) in [6, 6.07) is 8.90. The molecule has 0 radical (unpaired) electrons. The number of nitrogens with zero attached hydrogens (tertiary/aromatic N) is 2. The molecule has 0 aromatic heterocycles. The number of carbonyl (C=O) groups excluding carboxylic acids is 3. The summed E-state index contributed by atoms with van der Waals surface area (Å²) >= 11 is 0. The number of nitrogen functional groups attached to an aromatic ring is 1. The molecule has 0 saturated carbocycles. The lowest BCUT2D eigenvalue weighted by Gasteiger charge is -2.28. The summed E-state index contributed by atoms with van der Waals surface area (Å²) in [5, 5.41) is 9.18. The molecule has 3 N–H and O–H groups in total. The highest BCUT2D eigenvalue weighted by molar-refractivity contribution is 6.31. The van der Waals surface area contributed by atoms with Crippen molar-refractivity contribution in [3.8, 4) is 0 Å². The van der Waals surface area contributed by atoms with Crippen LogP contribution in [-0.4, -0.2) is 65.7 Å². The average Bonchev–Trinajstić information content (AvgIpc) is 2.59. The van der Waals surface area contributed by atoms with Gasteiger partial charge in [-0.15, -0.1) is 0 Å². The molecule has 2 aromatic carbocycles. The Bertz CT molecular complexity index is 924. The van der Waals surface area contributed by atoms with E-state index in [0.717, 1.165) is 12.3 Å². The average molecular weight is 371 g/mol.